The molecule has 6 rings (SSSR count). The molecule has 0 radical (unpaired) electrons. The van der Waals surface area contributed by atoms with Crippen molar-refractivity contribution in [1.82, 2.24) is 0 Å². The van der Waals surface area contributed by atoms with Crippen molar-refractivity contribution in [2.24, 2.45) is 56.7 Å². The summed E-state index contributed by atoms with van der Waals surface area (Å²) in [6.07, 6.45) is 15.3. The van der Waals surface area contributed by atoms with Gasteiger partial charge in [-0.05, 0) is 121 Å². The first-order valence-electron chi connectivity index (χ1n) is 14.7. The molecule has 1 aliphatic heterocycles. The highest BCUT2D eigenvalue weighted by atomic mass is 16.5. The zero-order chi connectivity index (χ0) is 24.3. The van der Waals surface area contributed by atoms with Crippen molar-refractivity contribution in [2.45, 2.75) is 124 Å². The molecule has 3 nitrogen and oxygen atoms in total. The van der Waals surface area contributed by atoms with Crippen molar-refractivity contribution in [3.05, 3.63) is 0 Å². The second-order valence-corrected chi connectivity index (χ2v) is 15.1. The third-order valence-corrected chi connectivity index (χ3v) is 14.0. The summed E-state index contributed by atoms with van der Waals surface area (Å²) in [5.41, 5.74) is 2.45. The molecule has 2 spiro atoms. The molecule has 0 aromatic carbocycles. The van der Waals surface area contributed by atoms with Crippen molar-refractivity contribution >= 4 is 5.97 Å². The molecule has 0 N–H and O–H groups in total. The van der Waals surface area contributed by atoms with Crippen LogP contribution in [-0.2, 0) is 14.3 Å². The van der Waals surface area contributed by atoms with Crippen molar-refractivity contribution < 1.29 is 14.3 Å². The SMILES string of the molecule is CO[C@@H]1CC[C@]23C[C@]24CC[C@]2(C)[C@@H]([C@H](C)C[C@@H]5C[C@@H](C)C(=O)O5)CC[C@@]2(C)[C@H]4CC[C@@H]3C1(C)C. The monoisotopic (exact) mass is 470 g/mol. The summed E-state index contributed by atoms with van der Waals surface area (Å²) in [6.45, 7) is 15.0. The van der Waals surface area contributed by atoms with Crippen molar-refractivity contribution in [2.75, 3.05) is 7.11 Å². The second kappa shape index (κ2) is 7.26. The Hall–Kier alpha value is -0.570. The lowest BCUT2D eigenvalue weighted by Crippen LogP contribution is -2.57. The summed E-state index contributed by atoms with van der Waals surface area (Å²) in [4.78, 5) is 12.0. The predicted octanol–water partition coefficient (Wildman–Crippen LogP) is 7.42. The Bertz CT molecular complexity index is 865. The molecule has 192 valence electrons. The lowest BCUT2D eigenvalue weighted by Gasteiger charge is -2.63. The Kier molecular flexibility index (Phi) is 5.08. The van der Waals surface area contributed by atoms with Gasteiger partial charge in [-0.3, -0.25) is 4.79 Å². The van der Waals surface area contributed by atoms with Gasteiger partial charge in [0.15, 0.2) is 0 Å². The van der Waals surface area contributed by atoms with Gasteiger partial charge in [-0.25, -0.2) is 0 Å². The maximum atomic E-state index is 12.0. The van der Waals surface area contributed by atoms with E-state index in [-0.39, 0.29) is 18.0 Å². The molecule has 34 heavy (non-hydrogen) atoms. The minimum absolute atomic E-state index is 0.0289. The van der Waals surface area contributed by atoms with Crippen LogP contribution in [0.25, 0.3) is 0 Å². The van der Waals surface area contributed by atoms with Gasteiger partial charge in [0, 0.05) is 7.11 Å². The lowest BCUT2D eigenvalue weighted by atomic mass is 9.41. The largest absolute Gasteiger partial charge is 0.462 e. The molecule has 5 saturated carbocycles. The number of rotatable bonds is 4. The summed E-state index contributed by atoms with van der Waals surface area (Å²) >= 11 is 0. The van der Waals surface area contributed by atoms with Crippen molar-refractivity contribution in [1.29, 1.82) is 0 Å². The van der Waals surface area contributed by atoms with Gasteiger partial charge in [-0.15, -0.1) is 0 Å². The van der Waals surface area contributed by atoms with Gasteiger partial charge < -0.3 is 9.47 Å². The normalized spacial score (nSPS) is 56.0. The molecule has 3 heteroatoms. The molecule has 11 atom stereocenters. The second-order valence-electron chi connectivity index (χ2n) is 15.1. The van der Waals surface area contributed by atoms with E-state index < -0.39 is 0 Å². The molecule has 0 bridgehead atoms. The first-order chi connectivity index (χ1) is 15.9. The standard InChI is InChI=1S/C31H50O3/c1-19(16-21-17-20(2)26(32)34-21)22-10-12-29(6)24-9-8-23-27(3,4)25(33-7)11-13-30(23)18-31(24,30)15-14-28(22,29)5/h19-25H,8-18H2,1-7H3/t19-,20-,21-,22-,23-,24-,25-,28-,29+,30-,31+/m1/s1. The number of carbonyl (C=O) groups excluding carboxylic acids is 1. The molecule has 0 aromatic rings. The number of hydrogen-bond acceptors (Lipinski definition) is 3. The van der Waals surface area contributed by atoms with Crippen molar-refractivity contribution in [3.8, 4) is 0 Å². The van der Waals surface area contributed by atoms with E-state index in [0.29, 0.717) is 39.1 Å². The molecule has 6 aliphatic rings. The number of fused-ring (bicyclic) bond motifs is 2. The molecule has 1 saturated heterocycles. The Morgan fingerprint density at radius 2 is 1.65 bits per heavy atom. The number of cyclic esters (lactones) is 1. The summed E-state index contributed by atoms with van der Waals surface area (Å²) in [5, 5.41) is 0. The summed E-state index contributed by atoms with van der Waals surface area (Å²) < 4.78 is 11.8. The van der Waals surface area contributed by atoms with E-state index in [1.54, 1.807) is 0 Å². The van der Waals surface area contributed by atoms with Crippen molar-refractivity contribution in [3.63, 3.8) is 0 Å². The van der Waals surface area contributed by atoms with Crippen LogP contribution in [0.1, 0.15) is 112 Å². The van der Waals surface area contributed by atoms with E-state index in [2.05, 4.69) is 34.6 Å². The molecule has 1 heterocycles. The number of methoxy groups -OCH3 is 1. The number of ether oxygens (including phenoxy) is 2. The third-order valence-electron chi connectivity index (χ3n) is 14.0. The Labute approximate surface area is 208 Å². The zero-order valence-electron chi connectivity index (χ0n) is 23.0. The summed E-state index contributed by atoms with van der Waals surface area (Å²) in [7, 11) is 1.94. The fourth-order valence-electron chi connectivity index (χ4n) is 12.3. The first kappa shape index (κ1) is 23.8. The number of carbonyl (C=O) groups is 1. The lowest BCUT2D eigenvalue weighted by molar-refractivity contribution is -0.167. The van der Waals surface area contributed by atoms with Crippen LogP contribution in [0.2, 0.25) is 0 Å². The highest BCUT2D eigenvalue weighted by molar-refractivity contribution is 5.74. The smallest absolute Gasteiger partial charge is 0.309 e. The number of esters is 1. The van der Waals surface area contributed by atoms with Gasteiger partial charge in [0.1, 0.15) is 6.10 Å². The van der Waals surface area contributed by atoms with Crippen LogP contribution in [0.5, 0.6) is 0 Å². The predicted molar refractivity (Wildman–Crippen MR) is 135 cm³/mol. The van der Waals surface area contributed by atoms with Crippen LogP contribution < -0.4 is 0 Å². The van der Waals surface area contributed by atoms with Gasteiger partial charge >= 0.3 is 5.97 Å². The molecular weight excluding hydrogens is 420 g/mol. The fraction of sp³-hybridized carbons (Fsp3) is 0.968. The average molecular weight is 471 g/mol. The van der Waals surface area contributed by atoms with Crippen LogP contribution >= 0.6 is 0 Å². The minimum Gasteiger partial charge on any atom is -0.462 e. The third kappa shape index (κ3) is 2.72. The number of hydrogen-bond donors (Lipinski definition) is 0. The fourth-order valence-corrected chi connectivity index (χ4v) is 12.3. The van der Waals surface area contributed by atoms with E-state index >= 15 is 0 Å². The zero-order valence-corrected chi connectivity index (χ0v) is 23.0. The Morgan fingerprint density at radius 3 is 2.32 bits per heavy atom. The summed E-state index contributed by atoms with van der Waals surface area (Å²) in [5.74, 6) is 3.29. The topological polar surface area (TPSA) is 35.5 Å². The maximum absolute atomic E-state index is 12.0. The van der Waals surface area contributed by atoms with E-state index in [1.807, 2.05) is 14.0 Å². The van der Waals surface area contributed by atoms with E-state index in [1.165, 1.54) is 57.8 Å². The maximum Gasteiger partial charge on any atom is 0.309 e. The highest BCUT2D eigenvalue weighted by Crippen LogP contribution is 2.89. The molecule has 0 amide bonds. The quantitative estimate of drug-likeness (QED) is 0.401. The van der Waals surface area contributed by atoms with Crippen LogP contribution in [0.4, 0.5) is 0 Å². The van der Waals surface area contributed by atoms with Gasteiger partial charge in [-0.1, -0.05) is 41.5 Å². The summed E-state index contributed by atoms with van der Waals surface area (Å²) in [6, 6.07) is 0. The molecule has 6 fully saturated rings. The van der Waals surface area contributed by atoms with Gasteiger partial charge in [0.2, 0.25) is 0 Å². The van der Waals surface area contributed by atoms with E-state index in [0.717, 1.165) is 30.6 Å². The first-order valence-corrected chi connectivity index (χ1v) is 14.7. The molecule has 5 aliphatic carbocycles. The van der Waals surface area contributed by atoms with E-state index in [9.17, 15) is 4.79 Å². The van der Waals surface area contributed by atoms with Gasteiger partial charge in [-0.2, -0.15) is 0 Å². The molecule has 0 aromatic heterocycles. The van der Waals surface area contributed by atoms with Crippen LogP contribution in [0.15, 0.2) is 0 Å². The minimum atomic E-state index is 0.0289. The Morgan fingerprint density at radius 1 is 0.941 bits per heavy atom. The van der Waals surface area contributed by atoms with Crippen LogP contribution in [0, 0.1) is 56.7 Å². The molecule has 0 unspecified atom stereocenters. The Balaban J connectivity index is 1.24. The van der Waals surface area contributed by atoms with Gasteiger partial charge in [0.25, 0.3) is 0 Å². The molecular formula is C31H50O3. The van der Waals surface area contributed by atoms with Crippen LogP contribution in [-0.4, -0.2) is 25.3 Å². The van der Waals surface area contributed by atoms with E-state index in [4.69, 9.17) is 9.47 Å². The van der Waals surface area contributed by atoms with Crippen LogP contribution in [0.3, 0.4) is 0 Å². The highest BCUT2D eigenvalue weighted by Gasteiger charge is 2.82. The average Bonchev–Trinajstić information content (AvgIpc) is 3.21. The van der Waals surface area contributed by atoms with Gasteiger partial charge in [0.05, 0.1) is 12.0 Å².